The summed E-state index contributed by atoms with van der Waals surface area (Å²) in [6.45, 7) is 5.76. The largest absolute Gasteiger partial charge is 0.449 e. The van der Waals surface area contributed by atoms with Crippen LogP contribution < -0.4 is 10.2 Å². The number of rotatable bonds is 7. The van der Waals surface area contributed by atoms with Gasteiger partial charge in [-0.1, -0.05) is 35.1 Å². The van der Waals surface area contributed by atoms with Crippen LogP contribution in [-0.2, 0) is 21.3 Å². The second-order valence-electron chi connectivity index (χ2n) is 4.53. The lowest BCUT2D eigenvalue weighted by atomic mass is 10.5. The Bertz CT molecular complexity index is 974. The number of halogens is 1. The van der Waals surface area contributed by atoms with Gasteiger partial charge in [0.2, 0.25) is 4.80 Å². The molecule has 2 heterocycles. The Hall–Kier alpha value is -1.95. The molecule has 0 spiro atoms. The highest BCUT2D eigenvalue weighted by molar-refractivity contribution is 7.92. The summed E-state index contributed by atoms with van der Waals surface area (Å²) in [5.41, 5.74) is 2.17. The van der Waals surface area contributed by atoms with Crippen molar-refractivity contribution in [3.8, 4) is 0 Å². The van der Waals surface area contributed by atoms with Crippen molar-refractivity contribution in [3.63, 3.8) is 0 Å². The van der Waals surface area contributed by atoms with Crippen LogP contribution in [0.4, 0.5) is 4.79 Å². The maximum atomic E-state index is 12.4. The van der Waals surface area contributed by atoms with Crippen LogP contribution in [0.15, 0.2) is 43.9 Å². The van der Waals surface area contributed by atoms with Crippen molar-refractivity contribution < 1.29 is 17.9 Å². The van der Waals surface area contributed by atoms with Gasteiger partial charge in [0.1, 0.15) is 9.36 Å². The molecule has 2 aromatic rings. The predicted molar refractivity (Wildman–Crippen MR) is 102 cm³/mol. The minimum absolute atomic E-state index is 0.131. The highest BCUT2D eigenvalue weighted by atomic mass is 35.5. The topological polar surface area (TPSA) is 102 Å². The molecule has 2 aromatic heterocycles. The van der Waals surface area contributed by atoms with Crippen LogP contribution in [0.3, 0.4) is 0 Å². The summed E-state index contributed by atoms with van der Waals surface area (Å²) >= 11 is 8.37. The third-order valence-corrected chi connectivity index (χ3v) is 7.03. The molecular weight excluding hydrogens is 420 g/mol. The molecule has 0 atom stereocenters. The summed E-state index contributed by atoms with van der Waals surface area (Å²) in [6, 6.07) is 3.10. The van der Waals surface area contributed by atoms with Crippen LogP contribution in [0.5, 0.6) is 0 Å². The van der Waals surface area contributed by atoms with Gasteiger partial charge in [0, 0.05) is 6.54 Å². The van der Waals surface area contributed by atoms with E-state index >= 15 is 0 Å². The molecule has 0 aliphatic rings. The number of carbonyl (C=O) groups excluding carboxylic acids is 1. The molecule has 26 heavy (non-hydrogen) atoms. The van der Waals surface area contributed by atoms with Crippen LogP contribution in [0.25, 0.3) is 0 Å². The van der Waals surface area contributed by atoms with Crippen molar-refractivity contribution in [2.75, 3.05) is 6.61 Å². The van der Waals surface area contributed by atoms with Gasteiger partial charge < -0.3 is 9.30 Å². The zero-order valence-corrected chi connectivity index (χ0v) is 16.8. The summed E-state index contributed by atoms with van der Waals surface area (Å²) in [7, 11) is -3.85. The molecule has 0 bridgehead atoms. The van der Waals surface area contributed by atoms with Crippen LogP contribution in [0.1, 0.15) is 11.8 Å². The lowest BCUT2D eigenvalue weighted by Gasteiger charge is -2.00. The molecule has 0 saturated carbocycles. The molecule has 140 valence electrons. The van der Waals surface area contributed by atoms with E-state index in [0.29, 0.717) is 4.88 Å². The number of hydrazone groups is 1. The average Bonchev–Trinajstić information content (AvgIpc) is 3.20. The fraction of sp³-hybridized carbons (Fsp3) is 0.214. The second-order valence-corrected chi connectivity index (χ2v) is 8.67. The first kappa shape index (κ1) is 20.4. The van der Waals surface area contributed by atoms with Gasteiger partial charge in [-0.25, -0.2) is 10.2 Å². The zero-order chi connectivity index (χ0) is 19.2. The number of sulfonamides is 1. The van der Waals surface area contributed by atoms with Gasteiger partial charge in [-0.3, -0.25) is 0 Å². The highest BCUT2D eigenvalue weighted by Crippen LogP contribution is 2.20. The number of ether oxygens (including phenoxy) is 1. The van der Waals surface area contributed by atoms with Crippen molar-refractivity contribution in [1.82, 2.24) is 9.99 Å². The third-order valence-electron chi connectivity index (χ3n) is 2.74. The molecule has 0 saturated heterocycles. The van der Waals surface area contributed by atoms with Gasteiger partial charge in [-0.05, 0) is 18.4 Å². The number of allylic oxidation sites excluding steroid dienone is 1. The van der Waals surface area contributed by atoms with Crippen molar-refractivity contribution in [1.29, 1.82) is 0 Å². The lowest BCUT2D eigenvalue weighted by molar-refractivity contribution is 0.152. The van der Waals surface area contributed by atoms with Gasteiger partial charge in [-0.2, -0.15) is 13.5 Å². The normalized spacial score (nSPS) is 12.5. The van der Waals surface area contributed by atoms with Crippen LogP contribution in [0, 0.1) is 0 Å². The number of nitrogens with zero attached hydrogens (tertiary/aromatic N) is 3. The maximum Gasteiger partial charge on any atom is 0.427 e. The van der Waals surface area contributed by atoms with Crippen molar-refractivity contribution in [2.24, 2.45) is 9.50 Å². The number of thiophene rings is 1. The van der Waals surface area contributed by atoms with Crippen LogP contribution in [-0.4, -0.2) is 31.9 Å². The number of hydrogen-bond acceptors (Lipinski definition) is 7. The van der Waals surface area contributed by atoms with Gasteiger partial charge in [0.05, 0.1) is 17.7 Å². The number of thiazole rings is 1. The van der Waals surface area contributed by atoms with E-state index in [0.717, 1.165) is 22.7 Å². The Morgan fingerprint density at radius 3 is 2.92 bits per heavy atom. The van der Waals surface area contributed by atoms with Crippen molar-refractivity contribution in [3.05, 3.63) is 45.0 Å². The molecule has 1 amide bonds. The summed E-state index contributed by atoms with van der Waals surface area (Å²) in [5, 5.41) is 5.61. The fourth-order valence-electron chi connectivity index (χ4n) is 1.71. The van der Waals surface area contributed by atoms with E-state index < -0.39 is 16.1 Å². The molecule has 0 aliphatic carbocycles. The van der Waals surface area contributed by atoms with E-state index in [1.54, 1.807) is 24.4 Å². The van der Waals surface area contributed by atoms with E-state index in [1.165, 1.54) is 16.8 Å². The summed E-state index contributed by atoms with van der Waals surface area (Å²) in [6.07, 6.45) is 2.15. The van der Waals surface area contributed by atoms with E-state index in [9.17, 15) is 13.2 Å². The van der Waals surface area contributed by atoms with Gasteiger partial charge in [-0.15, -0.1) is 22.3 Å². The van der Waals surface area contributed by atoms with Crippen molar-refractivity contribution in [2.45, 2.75) is 17.7 Å². The molecular formula is C14H15ClN4O4S3. The van der Waals surface area contributed by atoms with Gasteiger partial charge in [0.25, 0.3) is 10.0 Å². The minimum Gasteiger partial charge on any atom is -0.449 e. The van der Waals surface area contributed by atoms with E-state index in [4.69, 9.17) is 11.6 Å². The van der Waals surface area contributed by atoms with Crippen molar-refractivity contribution >= 4 is 56.6 Å². The monoisotopic (exact) mass is 434 g/mol. The molecule has 0 aromatic carbocycles. The molecule has 0 aliphatic heterocycles. The Balaban J connectivity index is 2.41. The standard InChI is InChI=1S/C14H15ClN4O4S3/c1-3-7-19-12(15)10(9-16-17-14(20)23-4-2)25-13(19)18-26(21,22)11-6-5-8-24-11/h3,5-6,8-9H,1,4,7H2,2H3,(H,17,20)/b16-9-,18-13?. The lowest BCUT2D eigenvalue weighted by Crippen LogP contribution is -2.18. The Labute approximate surface area is 163 Å². The average molecular weight is 435 g/mol. The molecule has 12 heteroatoms. The third kappa shape index (κ3) is 5.04. The first-order valence-corrected chi connectivity index (χ1v) is 10.7. The second kappa shape index (κ2) is 9.12. The smallest absolute Gasteiger partial charge is 0.427 e. The Morgan fingerprint density at radius 2 is 2.31 bits per heavy atom. The number of carbonyl (C=O) groups is 1. The number of amides is 1. The number of hydrogen-bond donors (Lipinski definition) is 1. The fourth-order valence-corrected chi connectivity index (χ4v) is 5.15. The molecule has 1 N–H and O–H groups in total. The molecule has 0 unspecified atom stereocenters. The molecule has 8 nitrogen and oxygen atoms in total. The molecule has 2 rings (SSSR count). The zero-order valence-electron chi connectivity index (χ0n) is 13.6. The van der Waals surface area contributed by atoms with E-state index in [2.05, 4.69) is 26.2 Å². The summed E-state index contributed by atoms with van der Waals surface area (Å²) < 4.78 is 34.9. The van der Waals surface area contributed by atoms with E-state index in [1.807, 2.05) is 0 Å². The number of nitrogens with one attached hydrogen (secondary N) is 1. The quantitative estimate of drug-likeness (QED) is 0.411. The summed E-state index contributed by atoms with van der Waals surface area (Å²) in [4.78, 5) is 11.8. The van der Waals surface area contributed by atoms with Gasteiger partial charge in [0.15, 0.2) is 0 Å². The molecule has 0 radical (unpaired) electrons. The molecule has 0 fully saturated rings. The first-order chi connectivity index (χ1) is 12.4. The maximum absolute atomic E-state index is 12.4. The van der Waals surface area contributed by atoms with E-state index in [-0.39, 0.29) is 27.3 Å². The van der Waals surface area contributed by atoms with Gasteiger partial charge >= 0.3 is 6.09 Å². The van der Waals surface area contributed by atoms with Crippen LogP contribution >= 0.6 is 34.3 Å². The highest BCUT2D eigenvalue weighted by Gasteiger charge is 2.16. The Kier molecular flexibility index (Phi) is 7.14. The minimum atomic E-state index is -3.85. The predicted octanol–water partition coefficient (Wildman–Crippen LogP) is 2.82. The summed E-state index contributed by atoms with van der Waals surface area (Å²) in [5.74, 6) is 0. The van der Waals surface area contributed by atoms with Crippen LogP contribution in [0.2, 0.25) is 5.15 Å². The SMILES string of the molecule is C=CCn1c(Cl)c(/C=N\NC(=O)OCC)sc1=NS(=O)(=O)c1cccs1. The Morgan fingerprint density at radius 1 is 1.54 bits per heavy atom. The number of aromatic nitrogens is 1. The first-order valence-electron chi connectivity index (χ1n) is 7.19.